The summed E-state index contributed by atoms with van der Waals surface area (Å²) in [6.07, 6.45) is 11.3. The molecule has 4 nitrogen and oxygen atoms in total. The third-order valence-corrected chi connectivity index (χ3v) is 3.76. The second-order valence-electron chi connectivity index (χ2n) is 5.19. The fraction of sp³-hybridized carbons (Fsp3) is 0.375. The number of nitrogens with zero attached hydrogens (tertiary/aromatic N) is 3. The van der Waals surface area contributed by atoms with E-state index < -0.39 is 0 Å². The summed E-state index contributed by atoms with van der Waals surface area (Å²) >= 11 is 0. The van der Waals surface area contributed by atoms with E-state index in [2.05, 4.69) is 24.1 Å². The van der Waals surface area contributed by atoms with Crippen molar-refractivity contribution in [2.75, 3.05) is 6.54 Å². The largest absolute Gasteiger partial charge is 0.327 e. The molecule has 0 aromatic carbocycles. The zero-order valence-electron chi connectivity index (χ0n) is 11.7. The zero-order valence-corrected chi connectivity index (χ0v) is 11.7. The summed E-state index contributed by atoms with van der Waals surface area (Å²) in [5, 5.41) is 0. The molecule has 1 unspecified atom stereocenters. The quantitative estimate of drug-likeness (QED) is 0.800. The lowest BCUT2D eigenvalue weighted by Gasteiger charge is -2.23. The van der Waals surface area contributed by atoms with Crippen molar-refractivity contribution in [1.82, 2.24) is 14.3 Å². The molecule has 4 heteroatoms. The van der Waals surface area contributed by atoms with Crippen molar-refractivity contribution >= 4 is 11.6 Å². The van der Waals surface area contributed by atoms with Crippen molar-refractivity contribution in [3.63, 3.8) is 0 Å². The van der Waals surface area contributed by atoms with Crippen molar-refractivity contribution in [2.24, 2.45) is 0 Å². The molecule has 2 aromatic rings. The second-order valence-corrected chi connectivity index (χ2v) is 5.19. The van der Waals surface area contributed by atoms with Gasteiger partial charge in [-0.05, 0) is 18.6 Å². The minimum Gasteiger partial charge on any atom is -0.327 e. The maximum absolute atomic E-state index is 12.6. The SMILES string of the molecule is CCCCC1C=CCN1C(=O)c1cn2ccccc2n1. The Bertz CT molecular complexity index is 611. The van der Waals surface area contributed by atoms with Crippen LogP contribution in [0, 0.1) is 0 Å². The maximum atomic E-state index is 12.6. The summed E-state index contributed by atoms with van der Waals surface area (Å²) in [6.45, 7) is 2.87. The highest BCUT2D eigenvalue weighted by atomic mass is 16.2. The Hall–Kier alpha value is -2.10. The van der Waals surface area contributed by atoms with Gasteiger partial charge in [-0.3, -0.25) is 4.79 Å². The number of fused-ring (bicyclic) bond motifs is 1. The van der Waals surface area contributed by atoms with Crippen LogP contribution in [0.25, 0.3) is 5.65 Å². The van der Waals surface area contributed by atoms with Gasteiger partial charge in [-0.15, -0.1) is 0 Å². The van der Waals surface area contributed by atoms with Gasteiger partial charge in [-0.1, -0.05) is 38.0 Å². The molecule has 0 spiro atoms. The van der Waals surface area contributed by atoms with E-state index in [1.54, 1.807) is 0 Å². The first kappa shape index (κ1) is 12.9. The van der Waals surface area contributed by atoms with Gasteiger partial charge in [0.05, 0.1) is 6.04 Å². The van der Waals surface area contributed by atoms with Gasteiger partial charge in [0.25, 0.3) is 5.91 Å². The number of carbonyl (C=O) groups is 1. The molecule has 0 saturated carbocycles. The van der Waals surface area contributed by atoms with Crippen LogP contribution >= 0.6 is 0 Å². The molecule has 1 amide bonds. The van der Waals surface area contributed by atoms with Crippen molar-refractivity contribution in [3.8, 4) is 0 Å². The Kier molecular flexibility index (Phi) is 3.54. The number of amides is 1. The van der Waals surface area contributed by atoms with E-state index in [9.17, 15) is 4.79 Å². The molecule has 0 saturated heterocycles. The highest BCUT2D eigenvalue weighted by Gasteiger charge is 2.26. The molecule has 0 bridgehead atoms. The van der Waals surface area contributed by atoms with Gasteiger partial charge in [-0.2, -0.15) is 0 Å². The van der Waals surface area contributed by atoms with Crippen LogP contribution in [0.1, 0.15) is 36.7 Å². The Morgan fingerprint density at radius 1 is 1.45 bits per heavy atom. The van der Waals surface area contributed by atoms with Gasteiger partial charge < -0.3 is 9.30 Å². The van der Waals surface area contributed by atoms with Gasteiger partial charge in [-0.25, -0.2) is 4.98 Å². The lowest BCUT2D eigenvalue weighted by Crippen LogP contribution is -2.36. The van der Waals surface area contributed by atoms with Gasteiger partial charge in [0, 0.05) is 18.9 Å². The third kappa shape index (κ3) is 2.33. The summed E-state index contributed by atoms with van der Waals surface area (Å²) in [4.78, 5) is 18.9. The van der Waals surface area contributed by atoms with E-state index in [1.807, 2.05) is 39.9 Å². The number of carbonyl (C=O) groups excluding carboxylic acids is 1. The molecule has 3 rings (SSSR count). The van der Waals surface area contributed by atoms with Gasteiger partial charge in [0.2, 0.25) is 0 Å². The fourth-order valence-corrected chi connectivity index (χ4v) is 2.65. The number of hydrogen-bond acceptors (Lipinski definition) is 2. The smallest absolute Gasteiger partial charge is 0.274 e. The predicted molar refractivity (Wildman–Crippen MR) is 78.7 cm³/mol. The van der Waals surface area contributed by atoms with E-state index in [-0.39, 0.29) is 11.9 Å². The molecule has 2 aromatic heterocycles. The standard InChI is InChI=1S/C16H19N3O/c1-2-3-7-13-8-6-11-19(13)16(20)14-12-18-10-5-4-9-15(18)17-14/h4-6,8-10,12-13H,2-3,7,11H2,1H3. The first-order valence-corrected chi connectivity index (χ1v) is 7.21. The normalized spacial score (nSPS) is 18.1. The number of unbranched alkanes of at least 4 members (excludes halogenated alkanes) is 1. The highest BCUT2D eigenvalue weighted by molar-refractivity contribution is 5.93. The number of hydrogen-bond donors (Lipinski definition) is 0. The predicted octanol–water partition coefficient (Wildman–Crippen LogP) is 2.91. The van der Waals surface area contributed by atoms with Crippen LogP contribution in [0.15, 0.2) is 42.7 Å². The van der Waals surface area contributed by atoms with E-state index >= 15 is 0 Å². The molecule has 0 fully saturated rings. The minimum absolute atomic E-state index is 0.0276. The van der Waals surface area contributed by atoms with Crippen molar-refractivity contribution < 1.29 is 4.79 Å². The molecular formula is C16H19N3O. The van der Waals surface area contributed by atoms with Gasteiger partial charge >= 0.3 is 0 Å². The summed E-state index contributed by atoms with van der Waals surface area (Å²) in [5.74, 6) is 0.0276. The first-order valence-electron chi connectivity index (χ1n) is 7.21. The number of aromatic nitrogens is 2. The molecule has 1 atom stereocenters. The number of pyridine rings is 1. The Balaban J connectivity index is 1.81. The van der Waals surface area contributed by atoms with Crippen molar-refractivity contribution in [1.29, 1.82) is 0 Å². The van der Waals surface area contributed by atoms with E-state index in [0.717, 1.165) is 24.9 Å². The topological polar surface area (TPSA) is 37.6 Å². The third-order valence-electron chi connectivity index (χ3n) is 3.76. The van der Waals surface area contributed by atoms with Crippen LogP contribution in [0.4, 0.5) is 0 Å². The molecule has 0 aliphatic carbocycles. The summed E-state index contributed by atoms with van der Waals surface area (Å²) in [5.41, 5.74) is 1.34. The lowest BCUT2D eigenvalue weighted by molar-refractivity contribution is 0.0738. The minimum atomic E-state index is 0.0276. The molecular weight excluding hydrogens is 250 g/mol. The van der Waals surface area contributed by atoms with E-state index in [1.165, 1.54) is 0 Å². The number of imidazole rings is 1. The molecule has 20 heavy (non-hydrogen) atoms. The first-order chi connectivity index (χ1) is 9.79. The Morgan fingerprint density at radius 3 is 3.15 bits per heavy atom. The molecule has 104 valence electrons. The second kappa shape index (κ2) is 5.49. The van der Waals surface area contributed by atoms with Crippen LogP contribution in [-0.2, 0) is 0 Å². The maximum Gasteiger partial charge on any atom is 0.274 e. The van der Waals surface area contributed by atoms with Gasteiger partial charge in [0.1, 0.15) is 11.3 Å². The van der Waals surface area contributed by atoms with Crippen LogP contribution in [-0.4, -0.2) is 32.8 Å². The summed E-state index contributed by atoms with van der Waals surface area (Å²) in [6, 6.07) is 6.00. The van der Waals surface area contributed by atoms with E-state index in [0.29, 0.717) is 12.2 Å². The summed E-state index contributed by atoms with van der Waals surface area (Å²) < 4.78 is 1.89. The Labute approximate surface area is 118 Å². The van der Waals surface area contributed by atoms with Crippen LogP contribution < -0.4 is 0 Å². The average Bonchev–Trinajstić information content (AvgIpc) is 3.10. The summed E-state index contributed by atoms with van der Waals surface area (Å²) in [7, 11) is 0. The van der Waals surface area contributed by atoms with Crippen LogP contribution in [0.2, 0.25) is 0 Å². The molecule has 0 N–H and O–H groups in total. The highest BCUT2D eigenvalue weighted by Crippen LogP contribution is 2.19. The Morgan fingerprint density at radius 2 is 2.35 bits per heavy atom. The molecule has 1 aliphatic rings. The fourth-order valence-electron chi connectivity index (χ4n) is 2.65. The van der Waals surface area contributed by atoms with E-state index in [4.69, 9.17) is 0 Å². The van der Waals surface area contributed by atoms with Crippen LogP contribution in [0.5, 0.6) is 0 Å². The average molecular weight is 269 g/mol. The lowest BCUT2D eigenvalue weighted by atomic mass is 10.1. The zero-order chi connectivity index (χ0) is 13.9. The van der Waals surface area contributed by atoms with Crippen molar-refractivity contribution in [3.05, 3.63) is 48.4 Å². The molecule has 1 aliphatic heterocycles. The monoisotopic (exact) mass is 269 g/mol. The molecule has 0 radical (unpaired) electrons. The van der Waals surface area contributed by atoms with Crippen molar-refractivity contribution in [2.45, 2.75) is 32.2 Å². The molecule has 3 heterocycles. The van der Waals surface area contributed by atoms with Crippen LogP contribution in [0.3, 0.4) is 0 Å². The van der Waals surface area contributed by atoms with Gasteiger partial charge in [0.15, 0.2) is 0 Å². The number of rotatable bonds is 4.